The van der Waals surface area contributed by atoms with Crippen molar-refractivity contribution in [2.75, 3.05) is 76.6 Å². The van der Waals surface area contributed by atoms with Crippen LogP contribution in [-0.4, -0.2) is 95.5 Å². The maximum Gasteiger partial charge on any atom is 1.00 e. The monoisotopic (exact) mass is 744 g/mol. The molecule has 50 heavy (non-hydrogen) atoms. The molecule has 0 saturated carbocycles. The first-order valence-electron chi connectivity index (χ1n) is 16.5. The third kappa shape index (κ3) is 19.7. The Balaban J connectivity index is 0.0000125. The van der Waals surface area contributed by atoms with E-state index in [1.54, 1.807) is 20.8 Å². The first-order chi connectivity index (χ1) is 23.6. The molecule has 0 unspecified atom stereocenters. The van der Waals surface area contributed by atoms with Gasteiger partial charge in [-0.2, -0.15) is 11.7 Å². The fourth-order valence-corrected chi connectivity index (χ4v) is 5.51. The number of alkyl carbamates (subject to hydrolysis) is 2. The molecule has 0 spiro atoms. The van der Waals surface area contributed by atoms with Crippen LogP contribution in [0.2, 0.25) is 0 Å². The van der Waals surface area contributed by atoms with E-state index in [9.17, 15) is 19.6 Å². The summed E-state index contributed by atoms with van der Waals surface area (Å²) >= 11 is 7.09. The number of ether oxygens (including phenoxy) is 5. The molecule has 0 fully saturated rings. The third-order valence-electron chi connectivity index (χ3n) is 6.61. The van der Waals surface area contributed by atoms with Gasteiger partial charge in [0.1, 0.15) is 30.5 Å². The zero-order valence-corrected chi connectivity index (χ0v) is 33.4. The maximum absolute atomic E-state index is 12.5. The number of alkyl halides is 1. The zero-order chi connectivity index (χ0) is 35.9. The Kier molecular flexibility index (Phi) is 23.9. The molecule has 2 rings (SSSR count). The second-order valence-electron chi connectivity index (χ2n) is 11.8. The molecule has 272 valence electrons. The van der Waals surface area contributed by atoms with Gasteiger partial charge in [0.25, 0.3) is 0 Å². The summed E-state index contributed by atoms with van der Waals surface area (Å²) in [4.78, 5) is 39.4. The number of carbonyl (C=O) groups excluding carboxylic acids is 3. The summed E-state index contributed by atoms with van der Waals surface area (Å²) in [6.45, 7) is 12.5. The van der Waals surface area contributed by atoms with Crippen molar-refractivity contribution < 1.29 is 67.6 Å². The van der Waals surface area contributed by atoms with E-state index in [1.807, 2.05) is 35.2 Å². The summed E-state index contributed by atoms with van der Waals surface area (Å²) in [5.74, 6) is 0.0176. The number of amides is 2. The Labute approximate surface area is 327 Å². The molecule has 2 amide bonds. The van der Waals surface area contributed by atoms with Crippen LogP contribution < -0.4 is 45.1 Å². The number of halogens is 1. The van der Waals surface area contributed by atoms with Crippen molar-refractivity contribution in [2.45, 2.75) is 58.5 Å². The van der Waals surface area contributed by atoms with Gasteiger partial charge in [0, 0.05) is 34.3 Å². The van der Waals surface area contributed by atoms with Crippen molar-refractivity contribution in [1.29, 1.82) is 5.26 Å². The van der Waals surface area contributed by atoms with Crippen molar-refractivity contribution in [1.82, 2.24) is 10.6 Å². The molecule has 12 nitrogen and oxygen atoms in total. The fourth-order valence-electron chi connectivity index (χ4n) is 4.28. The van der Waals surface area contributed by atoms with Crippen molar-refractivity contribution >= 4 is 62.9 Å². The van der Waals surface area contributed by atoms with Crippen LogP contribution in [0, 0.1) is 18.3 Å². The van der Waals surface area contributed by atoms with Gasteiger partial charge in [-0.25, -0.2) is 14.4 Å². The minimum Gasteiger partial charge on any atom is -0.456 e. The smallest absolute Gasteiger partial charge is 0.456 e. The zero-order valence-electron chi connectivity index (χ0n) is 29.9. The minimum absolute atomic E-state index is 0. The average molecular weight is 745 g/mol. The molecular formula is C35H50ClN4NaO8S. The summed E-state index contributed by atoms with van der Waals surface area (Å²) in [7, 11) is 0. The second kappa shape index (κ2) is 26.2. The Hall–Kier alpha value is -2.57. The third-order valence-corrected chi connectivity index (χ3v) is 7.92. The van der Waals surface area contributed by atoms with Crippen LogP contribution in [0.15, 0.2) is 29.8 Å². The van der Waals surface area contributed by atoms with E-state index in [2.05, 4.69) is 17.6 Å². The number of nitrogens with one attached hydrogen (secondary N) is 2. The van der Waals surface area contributed by atoms with Crippen molar-refractivity contribution in [3.8, 4) is 6.07 Å². The first kappa shape index (κ1) is 45.5. The van der Waals surface area contributed by atoms with E-state index in [0.717, 1.165) is 46.3 Å². The first-order valence-corrected chi connectivity index (χ1v) is 17.9. The molecule has 1 aromatic carbocycles. The molecule has 15 heteroatoms. The number of unbranched alkanes of at least 4 members (excludes halogenated alkanes) is 3. The number of thiophene rings is 1. The SMILES string of the molecule is [CH2-]CCNC(=O)OCCN(CCOC(=O)NCCOCCOCCCCCCCl)c1ccc2cc(/C=C(\C#N)C(=O)OC(C)(C)C)sc2c1.[Na+]. The predicted octanol–water partition coefficient (Wildman–Crippen LogP) is 3.47. The maximum atomic E-state index is 12.5. The van der Waals surface area contributed by atoms with Gasteiger partial charge in [0.2, 0.25) is 0 Å². The molecule has 0 radical (unpaired) electrons. The van der Waals surface area contributed by atoms with E-state index in [1.165, 1.54) is 17.4 Å². The normalized spacial score (nSPS) is 11.3. The molecule has 0 aliphatic carbocycles. The standard InChI is InChI=1S/C35H50ClN4O8S.Na/c1-5-13-38-33(42)46-19-15-40(16-20-47-34(43)39-14-18-45-22-21-44-17-9-7-6-8-12-36)29-11-10-27-23-30(49-31(27)25-29)24-28(26-37)32(41)48-35(2,3)4;/h10-11,23-25H,1,5-9,12-22H2,2-4H3,(H,38,42)(H,39,43);/q-1;+1/b28-24+;. The van der Waals surface area contributed by atoms with Gasteiger partial charge in [-0.05, 0) is 69.8 Å². The van der Waals surface area contributed by atoms with Gasteiger partial charge in [-0.3, -0.25) is 0 Å². The van der Waals surface area contributed by atoms with E-state index in [0.29, 0.717) is 64.9 Å². The quantitative estimate of drug-likeness (QED) is 0.0253. The fraction of sp³-hybridized carbons (Fsp3) is 0.571. The molecule has 0 aliphatic heterocycles. The molecule has 0 bridgehead atoms. The van der Waals surface area contributed by atoms with Crippen molar-refractivity contribution in [2.24, 2.45) is 0 Å². The molecule has 2 aromatic rings. The number of rotatable bonds is 23. The van der Waals surface area contributed by atoms with E-state index >= 15 is 0 Å². The summed E-state index contributed by atoms with van der Waals surface area (Å²) in [6.07, 6.45) is 5.22. The summed E-state index contributed by atoms with van der Waals surface area (Å²) in [6, 6.07) is 9.62. The van der Waals surface area contributed by atoms with Gasteiger partial charge in [-0.1, -0.05) is 18.9 Å². The molecule has 2 N–H and O–H groups in total. The Bertz CT molecular complexity index is 1380. The number of hydrogen-bond acceptors (Lipinski definition) is 11. The van der Waals surface area contributed by atoms with Gasteiger partial charge >= 0.3 is 47.7 Å². The van der Waals surface area contributed by atoms with E-state index in [4.69, 9.17) is 35.3 Å². The molecular weight excluding hydrogens is 695 g/mol. The number of carbonyl (C=O) groups is 3. The minimum atomic E-state index is -0.721. The number of anilines is 1. The molecule has 0 aliphatic rings. The Morgan fingerprint density at radius 3 is 2.18 bits per heavy atom. The number of nitrogens with zero attached hydrogens (tertiary/aromatic N) is 2. The van der Waals surface area contributed by atoms with Crippen LogP contribution in [0.1, 0.15) is 57.8 Å². The number of benzene rings is 1. The molecule has 1 heterocycles. The number of nitriles is 1. The van der Waals surface area contributed by atoms with E-state index in [-0.39, 0.29) is 48.3 Å². The van der Waals surface area contributed by atoms with Crippen LogP contribution in [0.3, 0.4) is 0 Å². The topological polar surface area (TPSA) is 148 Å². The molecule has 0 saturated heterocycles. The van der Waals surface area contributed by atoms with Gasteiger partial charge in [-0.15, -0.1) is 22.9 Å². The molecule has 0 atom stereocenters. The molecule has 1 aromatic heterocycles. The van der Waals surface area contributed by atoms with Gasteiger partial charge in [0.05, 0.1) is 32.9 Å². The van der Waals surface area contributed by atoms with Crippen LogP contribution >= 0.6 is 22.9 Å². The van der Waals surface area contributed by atoms with Gasteiger partial charge < -0.3 is 46.1 Å². The summed E-state index contributed by atoms with van der Waals surface area (Å²) in [5.41, 5.74) is 0.00436. The van der Waals surface area contributed by atoms with Crippen LogP contribution in [0.25, 0.3) is 16.2 Å². The predicted molar refractivity (Wildman–Crippen MR) is 193 cm³/mol. The van der Waals surface area contributed by atoms with E-state index < -0.39 is 23.8 Å². The number of esters is 1. The van der Waals surface area contributed by atoms with Crippen LogP contribution in [-0.2, 0) is 28.5 Å². The van der Waals surface area contributed by atoms with Crippen LogP contribution in [0.4, 0.5) is 15.3 Å². The van der Waals surface area contributed by atoms with Crippen molar-refractivity contribution in [3.63, 3.8) is 0 Å². The summed E-state index contributed by atoms with van der Waals surface area (Å²) < 4.78 is 28.0. The van der Waals surface area contributed by atoms with Gasteiger partial charge in [0.15, 0.2) is 0 Å². The largest absolute Gasteiger partial charge is 1.00 e. The second-order valence-corrected chi connectivity index (χ2v) is 13.3. The number of fused-ring (bicyclic) bond motifs is 1. The summed E-state index contributed by atoms with van der Waals surface area (Å²) in [5, 5.41) is 15.8. The Morgan fingerprint density at radius 1 is 0.920 bits per heavy atom. The van der Waals surface area contributed by atoms with Crippen molar-refractivity contribution in [3.05, 3.63) is 41.6 Å². The average Bonchev–Trinajstić information content (AvgIpc) is 3.47. The van der Waals surface area contributed by atoms with Crippen LogP contribution in [0.5, 0.6) is 0 Å². The Morgan fingerprint density at radius 2 is 1.56 bits per heavy atom. The number of hydrogen-bond donors (Lipinski definition) is 2.